The van der Waals surface area contributed by atoms with Crippen molar-refractivity contribution in [2.45, 2.75) is 43.8 Å². The molecule has 1 aromatic rings. The largest absolute Gasteiger partial charge is 0.416 e. The highest BCUT2D eigenvalue weighted by atomic mass is 32.2. The monoisotopic (exact) mass is 325 g/mol. The normalized spacial score (nSPS) is 13.5. The molecular weight excluding hydrogens is 307 g/mol. The third-order valence-corrected chi connectivity index (χ3v) is 4.87. The fourth-order valence-electron chi connectivity index (χ4n) is 1.96. The molecule has 21 heavy (non-hydrogen) atoms. The van der Waals surface area contributed by atoms with Gasteiger partial charge in [-0.05, 0) is 44.9 Å². The van der Waals surface area contributed by atoms with Crippen LogP contribution in [-0.2, 0) is 16.2 Å². The molecule has 0 heterocycles. The van der Waals surface area contributed by atoms with Gasteiger partial charge in [-0.1, -0.05) is 6.07 Å². The molecule has 0 amide bonds. The second-order valence-corrected chi connectivity index (χ2v) is 7.04. The summed E-state index contributed by atoms with van der Waals surface area (Å²) in [4.78, 5) is -0.414. The Balaban J connectivity index is 3.28. The Morgan fingerprint density at radius 3 is 2.29 bits per heavy atom. The minimum Gasteiger partial charge on any atom is -0.396 e. The molecule has 4 nitrogen and oxygen atoms in total. The van der Waals surface area contributed by atoms with Crippen molar-refractivity contribution in [3.05, 3.63) is 29.3 Å². The number of sulfonamides is 1. The smallest absolute Gasteiger partial charge is 0.396 e. The van der Waals surface area contributed by atoms with E-state index in [4.69, 9.17) is 5.11 Å². The molecule has 2 N–H and O–H groups in total. The lowest BCUT2D eigenvalue weighted by molar-refractivity contribution is -0.138. The molecular formula is C13H18F3NO3S. The summed E-state index contributed by atoms with van der Waals surface area (Å²) >= 11 is 0. The molecule has 0 atom stereocenters. The lowest BCUT2D eigenvalue weighted by atomic mass is 10.0. The van der Waals surface area contributed by atoms with E-state index in [1.165, 1.54) is 0 Å². The summed E-state index contributed by atoms with van der Waals surface area (Å²) in [5.74, 6) is 0. The van der Waals surface area contributed by atoms with Crippen molar-refractivity contribution in [1.82, 2.24) is 4.72 Å². The first-order valence-corrected chi connectivity index (χ1v) is 7.71. The van der Waals surface area contributed by atoms with Crippen LogP contribution in [0.25, 0.3) is 0 Å². The Labute approximate surface area is 122 Å². The van der Waals surface area contributed by atoms with Crippen LogP contribution in [0, 0.1) is 6.92 Å². The summed E-state index contributed by atoms with van der Waals surface area (Å²) in [5, 5.41) is 8.89. The van der Waals surface area contributed by atoms with E-state index in [2.05, 4.69) is 4.72 Å². The molecule has 0 radical (unpaired) electrons. The number of aliphatic hydroxyl groups excluding tert-OH is 1. The Morgan fingerprint density at radius 2 is 1.81 bits per heavy atom. The molecule has 1 aromatic carbocycles. The van der Waals surface area contributed by atoms with E-state index >= 15 is 0 Å². The Hall–Kier alpha value is -1.12. The highest BCUT2D eigenvalue weighted by Crippen LogP contribution is 2.34. The van der Waals surface area contributed by atoms with Crippen LogP contribution in [-0.4, -0.2) is 25.7 Å². The Morgan fingerprint density at radius 1 is 1.24 bits per heavy atom. The van der Waals surface area contributed by atoms with Gasteiger partial charge in [-0.25, -0.2) is 13.1 Å². The van der Waals surface area contributed by atoms with Crippen molar-refractivity contribution in [1.29, 1.82) is 0 Å². The highest BCUT2D eigenvalue weighted by molar-refractivity contribution is 7.89. The standard InChI is InChI=1S/C13H18F3NO3S/c1-9-10(13(14,15)16)5-4-6-11(9)21(19,20)17-12(2,3)7-8-18/h4-6,17-18H,7-8H2,1-3H3. The number of hydrogen-bond donors (Lipinski definition) is 2. The van der Waals surface area contributed by atoms with E-state index in [1.54, 1.807) is 13.8 Å². The Bertz CT molecular complexity index is 610. The number of hydrogen-bond acceptors (Lipinski definition) is 3. The first-order valence-electron chi connectivity index (χ1n) is 6.22. The zero-order valence-corrected chi connectivity index (χ0v) is 12.8. The number of benzene rings is 1. The van der Waals surface area contributed by atoms with Gasteiger partial charge in [-0.15, -0.1) is 0 Å². The van der Waals surface area contributed by atoms with Gasteiger partial charge in [-0.3, -0.25) is 0 Å². The van der Waals surface area contributed by atoms with Gasteiger partial charge < -0.3 is 5.11 Å². The van der Waals surface area contributed by atoms with Crippen molar-refractivity contribution >= 4 is 10.0 Å². The zero-order valence-electron chi connectivity index (χ0n) is 12.0. The number of halogens is 3. The van der Waals surface area contributed by atoms with E-state index < -0.39 is 32.2 Å². The maximum atomic E-state index is 12.8. The third kappa shape index (κ3) is 4.42. The summed E-state index contributed by atoms with van der Waals surface area (Å²) in [6.45, 7) is 3.97. The van der Waals surface area contributed by atoms with Crippen LogP contribution in [0.5, 0.6) is 0 Å². The van der Waals surface area contributed by atoms with Gasteiger partial charge in [0.2, 0.25) is 10.0 Å². The van der Waals surface area contributed by atoms with E-state index in [9.17, 15) is 21.6 Å². The average Bonchev–Trinajstić information content (AvgIpc) is 2.25. The first-order chi connectivity index (χ1) is 9.41. The maximum Gasteiger partial charge on any atom is 0.416 e. The average molecular weight is 325 g/mol. The fraction of sp³-hybridized carbons (Fsp3) is 0.538. The van der Waals surface area contributed by atoms with E-state index in [0.717, 1.165) is 25.1 Å². The van der Waals surface area contributed by atoms with Gasteiger partial charge in [0, 0.05) is 12.1 Å². The molecule has 8 heteroatoms. The van der Waals surface area contributed by atoms with Gasteiger partial charge in [-0.2, -0.15) is 13.2 Å². The van der Waals surface area contributed by atoms with Crippen LogP contribution in [0.4, 0.5) is 13.2 Å². The van der Waals surface area contributed by atoms with Crippen molar-refractivity contribution in [2.24, 2.45) is 0 Å². The maximum absolute atomic E-state index is 12.8. The first kappa shape index (κ1) is 17.9. The molecule has 1 rings (SSSR count). The van der Waals surface area contributed by atoms with E-state index in [1.807, 2.05) is 0 Å². The van der Waals surface area contributed by atoms with Gasteiger partial charge in [0.15, 0.2) is 0 Å². The van der Waals surface area contributed by atoms with Crippen LogP contribution in [0.1, 0.15) is 31.4 Å². The predicted molar refractivity (Wildman–Crippen MR) is 72.3 cm³/mol. The molecule has 0 bridgehead atoms. The molecule has 0 saturated heterocycles. The number of nitrogens with one attached hydrogen (secondary N) is 1. The minimum atomic E-state index is -4.61. The quantitative estimate of drug-likeness (QED) is 0.874. The molecule has 0 unspecified atom stereocenters. The predicted octanol–water partition coefficient (Wildman–Crippen LogP) is 2.45. The molecule has 0 saturated carbocycles. The number of alkyl halides is 3. The second-order valence-electron chi connectivity index (χ2n) is 5.39. The summed E-state index contributed by atoms with van der Waals surface area (Å²) in [5.41, 5.74) is -2.29. The summed E-state index contributed by atoms with van der Waals surface area (Å²) in [6.07, 6.45) is -4.47. The minimum absolute atomic E-state index is 0.143. The Kier molecular flexibility index (Phi) is 5.07. The third-order valence-electron chi connectivity index (χ3n) is 3.03. The molecule has 0 aliphatic rings. The lowest BCUT2D eigenvalue weighted by Gasteiger charge is -2.26. The lowest BCUT2D eigenvalue weighted by Crippen LogP contribution is -2.44. The van der Waals surface area contributed by atoms with Gasteiger partial charge >= 0.3 is 6.18 Å². The van der Waals surface area contributed by atoms with Crippen molar-refractivity contribution in [2.75, 3.05) is 6.61 Å². The van der Waals surface area contributed by atoms with Gasteiger partial charge in [0.25, 0.3) is 0 Å². The van der Waals surface area contributed by atoms with E-state index in [0.29, 0.717) is 0 Å². The molecule has 0 aromatic heterocycles. The zero-order chi connectivity index (χ0) is 16.5. The highest BCUT2D eigenvalue weighted by Gasteiger charge is 2.35. The number of rotatable bonds is 5. The molecule has 120 valence electrons. The number of aliphatic hydroxyl groups is 1. The second kappa shape index (κ2) is 5.94. The summed E-state index contributed by atoms with van der Waals surface area (Å²) < 4.78 is 65.3. The van der Waals surface area contributed by atoms with E-state index in [-0.39, 0.29) is 18.6 Å². The van der Waals surface area contributed by atoms with Crippen LogP contribution in [0.15, 0.2) is 23.1 Å². The van der Waals surface area contributed by atoms with Crippen molar-refractivity contribution in [3.8, 4) is 0 Å². The summed E-state index contributed by atoms with van der Waals surface area (Å²) in [7, 11) is -4.11. The fourth-order valence-corrected chi connectivity index (χ4v) is 3.67. The van der Waals surface area contributed by atoms with Crippen LogP contribution in [0.3, 0.4) is 0 Å². The van der Waals surface area contributed by atoms with Crippen LogP contribution >= 0.6 is 0 Å². The topological polar surface area (TPSA) is 66.4 Å². The molecule has 0 fully saturated rings. The SMILES string of the molecule is Cc1c(C(F)(F)F)cccc1S(=O)(=O)NC(C)(C)CCO. The molecule has 0 spiro atoms. The van der Waals surface area contributed by atoms with Crippen molar-refractivity contribution < 1.29 is 26.7 Å². The van der Waals surface area contributed by atoms with Crippen molar-refractivity contribution in [3.63, 3.8) is 0 Å². The summed E-state index contributed by atoms with van der Waals surface area (Å²) in [6, 6.07) is 3.03. The molecule has 0 aliphatic heterocycles. The van der Waals surface area contributed by atoms with Crippen LogP contribution in [0.2, 0.25) is 0 Å². The molecule has 0 aliphatic carbocycles. The van der Waals surface area contributed by atoms with Gasteiger partial charge in [0.1, 0.15) is 0 Å². The van der Waals surface area contributed by atoms with Crippen LogP contribution < -0.4 is 4.72 Å². The van der Waals surface area contributed by atoms with Gasteiger partial charge in [0.05, 0.1) is 10.5 Å².